The van der Waals surface area contributed by atoms with Gasteiger partial charge in [-0.05, 0) is 81.8 Å². The van der Waals surface area contributed by atoms with E-state index in [1.165, 1.54) is 38.4 Å². The van der Waals surface area contributed by atoms with E-state index in [4.69, 9.17) is 0 Å². The summed E-state index contributed by atoms with van der Waals surface area (Å²) in [5.41, 5.74) is 0.215. The zero-order chi connectivity index (χ0) is 25.5. The summed E-state index contributed by atoms with van der Waals surface area (Å²) in [5, 5.41) is 18.9. The molecule has 0 amide bonds. The van der Waals surface area contributed by atoms with E-state index in [-0.39, 0.29) is 5.41 Å². The van der Waals surface area contributed by atoms with Crippen molar-refractivity contribution in [2.45, 2.75) is 77.2 Å². The van der Waals surface area contributed by atoms with E-state index in [0.29, 0.717) is 34.7 Å². The summed E-state index contributed by atoms with van der Waals surface area (Å²) in [5.74, 6) is 1.51. The smallest absolute Gasteiger partial charge is 0.300 e. The summed E-state index contributed by atoms with van der Waals surface area (Å²) in [6.07, 6.45) is 15.1. The molecule has 3 atom stereocenters. The van der Waals surface area contributed by atoms with Gasteiger partial charge in [-0.15, -0.1) is 5.26 Å². The number of hydrogen-bond donors (Lipinski definition) is 0. The van der Waals surface area contributed by atoms with Crippen LogP contribution in [0, 0.1) is 40.0 Å². The van der Waals surface area contributed by atoms with Crippen molar-refractivity contribution in [2.75, 3.05) is 64.9 Å². The Bertz CT molecular complexity index is 871. The molecule has 0 aromatic rings. The van der Waals surface area contributed by atoms with Gasteiger partial charge in [0.15, 0.2) is 0 Å². The van der Waals surface area contributed by atoms with Crippen LogP contribution in [0.5, 0.6) is 0 Å². The quantitative estimate of drug-likeness (QED) is 0.255. The van der Waals surface area contributed by atoms with Crippen LogP contribution < -0.4 is 0 Å². The number of rotatable bonds is 10. The number of likely N-dealkylation sites (tertiary alicyclic amines) is 3. The van der Waals surface area contributed by atoms with Crippen LogP contribution in [0.15, 0.2) is 0 Å². The normalized spacial score (nSPS) is 32.9. The molecule has 7 nitrogen and oxygen atoms in total. The molecule has 3 saturated heterocycles. The van der Waals surface area contributed by atoms with Crippen molar-refractivity contribution in [2.24, 2.45) is 17.3 Å². The fraction of sp³-hybridized carbons (Fsp3) is 0.926. The van der Waals surface area contributed by atoms with Crippen molar-refractivity contribution in [3.8, 4) is 12.3 Å². The molecule has 0 aliphatic carbocycles. The Hall–Kier alpha value is -1.19. The fourth-order valence-corrected chi connectivity index (χ4v) is 7.87. The molecule has 198 valence electrons. The first-order valence-electron chi connectivity index (χ1n) is 13.9. The lowest BCUT2D eigenvalue weighted by molar-refractivity contribution is -0.852. The van der Waals surface area contributed by atoms with Gasteiger partial charge >= 0.3 is 6.19 Å². The summed E-state index contributed by atoms with van der Waals surface area (Å²) in [7, 11) is -0.855. The minimum absolute atomic E-state index is 0.215. The number of hydrogen-bond acceptors (Lipinski definition) is 6. The molecule has 3 fully saturated rings. The third-order valence-corrected chi connectivity index (χ3v) is 10.6. The van der Waals surface area contributed by atoms with Gasteiger partial charge in [0.2, 0.25) is 0 Å². The van der Waals surface area contributed by atoms with Crippen molar-refractivity contribution in [1.29, 1.82) is 10.5 Å². The van der Waals surface area contributed by atoms with E-state index in [9.17, 15) is 18.9 Å². The Morgan fingerprint density at radius 2 is 1.77 bits per heavy atom. The van der Waals surface area contributed by atoms with Crippen molar-refractivity contribution in [3.05, 3.63) is 0 Å². The molecule has 3 unspecified atom stereocenters. The average Bonchev–Trinajstić information content (AvgIpc) is 2.83. The molecule has 8 heteroatoms. The predicted octanol–water partition coefficient (Wildman–Crippen LogP) is 3.64. The largest absolute Gasteiger partial charge is 0.308 e. The number of sulfone groups is 1. The minimum Gasteiger partial charge on any atom is -0.300 e. The molecule has 0 bridgehead atoms. The van der Waals surface area contributed by atoms with Crippen molar-refractivity contribution in [3.63, 3.8) is 0 Å². The van der Waals surface area contributed by atoms with Gasteiger partial charge in [-0.1, -0.05) is 13.3 Å². The average molecular weight is 507 g/mol. The van der Waals surface area contributed by atoms with Crippen LogP contribution in [0.3, 0.4) is 0 Å². The van der Waals surface area contributed by atoms with Crippen LogP contribution in [0.1, 0.15) is 71.1 Å². The van der Waals surface area contributed by atoms with Gasteiger partial charge in [0.05, 0.1) is 38.5 Å². The van der Waals surface area contributed by atoms with Crippen LogP contribution in [0.4, 0.5) is 0 Å². The number of piperidine rings is 3. The third-order valence-electron chi connectivity index (χ3n) is 9.58. The maximum absolute atomic E-state index is 11.8. The highest BCUT2D eigenvalue weighted by Gasteiger charge is 2.46. The second-order valence-corrected chi connectivity index (χ2v) is 14.4. The zero-order valence-corrected chi connectivity index (χ0v) is 23.2. The Labute approximate surface area is 214 Å². The second-order valence-electron chi connectivity index (χ2n) is 12.2. The number of nitrogens with zero attached hydrogens (tertiary/aromatic N) is 5. The summed E-state index contributed by atoms with van der Waals surface area (Å²) < 4.78 is 24.0. The van der Waals surface area contributed by atoms with Gasteiger partial charge in [0.25, 0.3) is 0 Å². The highest BCUT2D eigenvalue weighted by atomic mass is 32.2. The molecule has 3 heterocycles. The summed E-state index contributed by atoms with van der Waals surface area (Å²) in [6.45, 7) is 9.10. The molecule has 0 N–H and O–H groups in total. The molecule has 3 aliphatic rings. The van der Waals surface area contributed by atoms with Gasteiger partial charge in [-0.2, -0.15) is 5.26 Å². The van der Waals surface area contributed by atoms with Crippen LogP contribution >= 0.6 is 0 Å². The lowest BCUT2D eigenvalue weighted by Crippen LogP contribution is -2.52. The molecular formula is C27H48N5O2S+. The summed E-state index contributed by atoms with van der Waals surface area (Å²) >= 11 is 0. The maximum atomic E-state index is 11.8. The molecule has 0 aromatic carbocycles. The van der Waals surface area contributed by atoms with E-state index in [1.807, 2.05) is 0 Å². The Morgan fingerprint density at radius 3 is 2.43 bits per heavy atom. The SMILES string of the molecule is CC(CCCN1CCCCC1CCS(C)(=O)=O)(C1CC[N+](C)(C#N)CC1)C1CCCN(CC#N)C1. The standard InChI is InChI=1S/C27H48N5O2S/c1-27(24-10-19-32(2,23-29)20-11-24,25-8-6-15-30(22-25)18-14-28)13-7-17-31-16-5-4-9-26(31)12-21-35(3,33)34/h24-26H,4-13,15-22H2,1-3H3/q+1. The molecular weight excluding hydrogens is 458 g/mol. The molecule has 0 aromatic heterocycles. The summed E-state index contributed by atoms with van der Waals surface area (Å²) in [6, 6.07) is 2.76. The Morgan fingerprint density at radius 1 is 1.03 bits per heavy atom. The molecule has 0 spiro atoms. The second kappa shape index (κ2) is 12.4. The molecule has 3 aliphatic heterocycles. The van der Waals surface area contributed by atoms with Gasteiger partial charge in [0.1, 0.15) is 9.84 Å². The lowest BCUT2D eigenvalue weighted by Gasteiger charge is -2.50. The van der Waals surface area contributed by atoms with E-state index >= 15 is 0 Å². The summed E-state index contributed by atoms with van der Waals surface area (Å²) in [4.78, 5) is 4.92. The Kier molecular flexibility index (Phi) is 10.0. The number of nitriles is 2. The van der Waals surface area contributed by atoms with Gasteiger partial charge < -0.3 is 4.90 Å². The van der Waals surface area contributed by atoms with Crippen LogP contribution in [0.25, 0.3) is 0 Å². The third kappa shape index (κ3) is 7.89. The molecule has 0 saturated carbocycles. The van der Waals surface area contributed by atoms with Gasteiger partial charge in [-0.3, -0.25) is 4.90 Å². The first-order chi connectivity index (χ1) is 16.6. The lowest BCUT2D eigenvalue weighted by atomic mass is 9.60. The zero-order valence-electron chi connectivity index (χ0n) is 22.4. The molecule has 0 radical (unpaired) electrons. The fourth-order valence-electron chi connectivity index (χ4n) is 7.17. The topological polar surface area (TPSA) is 88.2 Å². The molecule has 3 rings (SSSR count). The molecule has 35 heavy (non-hydrogen) atoms. The van der Waals surface area contributed by atoms with Gasteiger partial charge in [-0.25, -0.2) is 12.9 Å². The Balaban J connectivity index is 1.67. The van der Waals surface area contributed by atoms with Crippen molar-refractivity contribution < 1.29 is 12.9 Å². The van der Waals surface area contributed by atoms with Crippen molar-refractivity contribution >= 4 is 9.84 Å². The van der Waals surface area contributed by atoms with Crippen LogP contribution in [-0.2, 0) is 9.84 Å². The monoisotopic (exact) mass is 506 g/mol. The van der Waals surface area contributed by atoms with E-state index in [0.717, 1.165) is 71.4 Å². The van der Waals surface area contributed by atoms with Gasteiger partial charge in [0, 0.05) is 31.7 Å². The maximum Gasteiger partial charge on any atom is 0.308 e. The highest BCUT2D eigenvalue weighted by molar-refractivity contribution is 7.90. The van der Waals surface area contributed by atoms with E-state index in [1.54, 1.807) is 0 Å². The van der Waals surface area contributed by atoms with E-state index < -0.39 is 9.84 Å². The number of quaternary nitrogens is 1. The predicted molar refractivity (Wildman–Crippen MR) is 140 cm³/mol. The van der Waals surface area contributed by atoms with Crippen molar-refractivity contribution in [1.82, 2.24) is 9.80 Å². The van der Waals surface area contributed by atoms with Crippen LogP contribution in [0.2, 0.25) is 0 Å². The highest BCUT2D eigenvalue weighted by Crippen LogP contribution is 2.48. The first kappa shape index (κ1) is 28.4. The van der Waals surface area contributed by atoms with E-state index in [2.05, 4.69) is 36.0 Å². The minimum atomic E-state index is -2.92. The first-order valence-corrected chi connectivity index (χ1v) is 15.9. The van der Waals surface area contributed by atoms with Crippen LogP contribution in [-0.4, -0.2) is 93.6 Å².